The summed E-state index contributed by atoms with van der Waals surface area (Å²) in [5, 5.41) is 2.72. The van der Waals surface area contributed by atoms with Gasteiger partial charge in [0.25, 0.3) is 9.84 Å². The first kappa shape index (κ1) is 17.9. The molecule has 1 N–H and O–H groups in total. The summed E-state index contributed by atoms with van der Waals surface area (Å²) in [7, 11) is -5.44. The van der Waals surface area contributed by atoms with E-state index >= 15 is 0 Å². The lowest BCUT2D eigenvalue weighted by atomic mass is 10.2. The lowest BCUT2D eigenvalue weighted by molar-refractivity contribution is -0.0435. The lowest BCUT2D eigenvalue weighted by Gasteiger charge is -2.14. The Kier molecular flexibility index (Phi) is 4.68. The van der Waals surface area contributed by atoms with Crippen molar-refractivity contribution in [3.05, 3.63) is 66.9 Å². The third-order valence-electron chi connectivity index (χ3n) is 3.54. The average molecular weight is 382 g/mol. The Labute approximate surface area is 147 Å². The molecule has 0 aliphatic heterocycles. The van der Waals surface area contributed by atoms with Crippen LogP contribution >= 0.6 is 0 Å². The molecule has 0 spiro atoms. The maximum Gasteiger partial charge on any atom is 0.501 e. The minimum atomic E-state index is -5.44. The van der Waals surface area contributed by atoms with E-state index in [1.165, 1.54) is 18.2 Å². The van der Waals surface area contributed by atoms with Crippen molar-refractivity contribution < 1.29 is 21.6 Å². The summed E-state index contributed by atoms with van der Waals surface area (Å²) in [5.74, 6) is 0.631. The zero-order chi connectivity index (χ0) is 18.8. The molecule has 2 heterocycles. The number of aromatic nitrogens is 3. The fraction of sp³-hybridized carbons (Fsp3) is 0.125. The van der Waals surface area contributed by atoms with Crippen LogP contribution in [0.3, 0.4) is 0 Å². The molecule has 136 valence electrons. The van der Waals surface area contributed by atoms with Crippen LogP contribution in [-0.4, -0.2) is 28.5 Å². The topological polar surface area (TPSA) is 76.9 Å². The van der Waals surface area contributed by atoms with E-state index in [2.05, 4.69) is 15.3 Å². The van der Waals surface area contributed by atoms with Crippen molar-refractivity contribution in [2.75, 3.05) is 5.32 Å². The molecule has 3 rings (SSSR count). The highest BCUT2D eigenvalue weighted by atomic mass is 32.2. The molecule has 0 aliphatic rings. The number of para-hydroxylation sites is 1. The molecular weight excluding hydrogens is 369 g/mol. The predicted molar refractivity (Wildman–Crippen MR) is 88.4 cm³/mol. The van der Waals surface area contributed by atoms with E-state index in [0.717, 1.165) is 6.07 Å². The zero-order valence-electron chi connectivity index (χ0n) is 13.2. The van der Waals surface area contributed by atoms with E-state index in [4.69, 9.17) is 0 Å². The molecule has 0 unspecified atom stereocenters. The summed E-state index contributed by atoms with van der Waals surface area (Å²) >= 11 is 0. The molecule has 10 heteroatoms. The molecule has 0 atom stereocenters. The molecule has 6 nitrogen and oxygen atoms in total. The molecule has 26 heavy (non-hydrogen) atoms. The van der Waals surface area contributed by atoms with Gasteiger partial charge >= 0.3 is 5.51 Å². The van der Waals surface area contributed by atoms with Crippen LogP contribution < -0.4 is 5.32 Å². The molecule has 0 fully saturated rings. The van der Waals surface area contributed by atoms with Gasteiger partial charge in [0.15, 0.2) is 0 Å². The number of hydrogen-bond acceptors (Lipinski definition) is 5. The van der Waals surface area contributed by atoms with Crippen molar-refractivity contribution in [3.8, 4) is 5.82 Å². The van der Waals surface area contributed by atoms with Crippen molar-refractivity contribution in [1.29, 1.82) is 0 Å². The molecule has 0 aliphatic carbocycles. The fourth-order valence-electron chi connectivity index (χ4n) is 2.24. The van der Waals surface area contributed by atoms with Crippen LogP contribution in [-0.2, 0) is 16.4 Å². The Morgan fingerprint density at radius 3 is 2.50 bits per heavy atom. The summed E-state index contributed by atoms with van der Waals surface area (Å²) in [4.78, 5) is 7.33. The minimum absolute atomic E-state index is 0.113. The van der Waals surface area contributed by atoms with Crippen LogP contribution in [0.1, 0.15) is 5.56 Å². The molecule has 2 aromatic heterocycles. The predicted octanol–water partition coefficient (Wildman–Crippen LogP) is 3.17. The Bertz CT molecular complexity index is 985. The van der Waals surface area contributed by atoms with Crippen LogP contribution in [0.4, 0.5) is 18.9 Å². The Hall–Kier alpha value is -2.88. The van der Waals surface area contributed by atoms with Crippen molar-refractivity contribution in [2.45, 2.75) is 16.9 Å². The van der Waals surface area contributed by atoms with Crippen molar-refractivity contribution in [2.24, 2.45) is 0 Å². The van der Waals surface area contributed by atoms with E-state index < -0.39 is 20.2 Å². The first-order valence-electron chi connectivity index (χ1n) is 7.36. The van der Waals surface area contributed by atoms with Crippen LogP contribution in [0, 0.1) is 0 Å². The summed E-state index contributed by atoms with van der Waals surface area (Å²) in [6, 6.07) is 8.36. The lowest BCUT2D eigenvalue weighted by Crippen LogP contribution is -2.24. The van der Waals surface area contributed by atoms with Gasteiger partial charge in [-0.1, -0.05) is 18.2 Å². The van der Waals surface area contributed by atoms with Crippen molar-refractivity contribution in [3.63, 3.8) is 0 Å². The van der Waals surface area contributed by atoms with Gasteiger partial charge in [0.05, 0.1) is 10.6 Å². The normalized spacial score (nSPS) is 12.1. The highest BCUT2D eigenvalue weighted by Crippen LogP contribution is 2.34. The number of nitrogens with one attached hydrogen (secondary N) is 1. The number of hydrogen-bond donors (Lipinski definition) is 1. The minimum Gasteiger partial charge on any atom is -0.380 e. The van der Waals surface area contributed by atoms with Crippen LogP contribution in [0.2, 0.25) is 0 Å². The number of halogens is 3. The van der Waals surface area contributed by atoms with E-state index in [1.807, 2.05) is 0 Å². The van der Waals surface area contributed by atoms with Crippen molar-refractivity contribution in [1.82, 2.24) is 14.5 Å². The van der Waals surface area contributed by atoms with E-state index in [9.17, 15) is 21.6 Å². The average Bonchev–Trinajstić information content (AvgIpc) is 3.14. The zero-order valence-corrected chi connectivity index (χ0v) is 14.0. The first-order chi connectivity index (χ1) is 12.3. The Morgan fingerprint density at radius 1 is 1.12 bits per heavy atom. The van der Waals surface area contributed by atoms with Gasteiger partial charge in [-0.3, -0.25) is 4.57 Å². The van der Waals surface area contributed by atoms with Gasteiger partial charge in [0.1, 0.15) is 12.1 Å². The summed E-state index contributed by atoms with van der Waals surface area (Å²) in [6.45, 7) is 0.113. The monoisotopic (exact) mass is 382 g/mol. The standard InChI is InChI=1S/C16H13F3N4O2S/c17-16(18,19)26(24,25)14-4-2-1-3-13(14)21-9-12-5-6-15(22-10-12)23-8-7-20-11-23/h1-8,10-11,21H,9H2. The molecule has 0 saturated carbocycles. The number of benzene rings is 1. The van der Waals surface area contributed by atoms with E-state index in [-0.39, 0.29) is 12.2 Å². The van der Waals surface area contributed by atoms with Gasteiger partial charge in [-0.05, 0) is 23.8 Å². The summed E-state index contributed by atoms with van der Waals surface area (Å²) in [6.07, 6.45) is 6.45. The largest absolute Gasteiger partial charge is 0.501 e. The van der Waals surface area contributed by atoms with Crippen LogP contribution in [0.25, 0.3) is 5.82 Å². The summed E-state index contributed by atoms with van der Waals surface area (Å²) in [5.41, 5.74) is -4.81. The number of anilines is 1. The Morgan fingerprint density at radius 2 is 1.88 bits per heavy atom. The van der Waals surface area contributed by atoms with Crippen molar-refractivity contribution >= 4 is 15.5 Å². The first-order valence-corrected chi connectivity index (χ1v) is 8.85. The molecule has 0 saturated heterocycles. The van der Waals surface area contributed by atoms with Gasteiger partial charge in [-0.2, -0.15) is 13.2 Å². The SMILES string of the molecule is O=S(=O)(c1ccccc1NCc1ccc(-n2ccnc2)nc1)C(F)(F)F. The molecule has 3 aromatic rings. The second-order valence-electron chi connectivity index (χ2n) is 5.29. The molecule has 0 radical (unpaired) electrons. The van der Waals surface area contributed by atoms with E-state index in [1.54, 1.807) is 41.6 Å². The Balaban J connectivity index is 1.79. The molecule has 0 amide bonds. The number of pyridine rings is 1. The third kappa shape index (κ3) is 3.54. The number of sulfone groups is 1. The maximum absolute atomic E-state index is 12.8. The number of imidazole rings is 1. The van der Waals surface area contributed by atoms with Gasteiger partial charge in [-0.25, -0.2) is 18.4 Å². The van der Waals surface area contributed by atoms with Gasteiger partial charge < -0.3 is 5.32 Å². The number of alkyl halides is 3. The highest BCUT2D eigenvalue weighted by molar-refractivity contribution is 7.92. The van der Waals surface area contributed by atoms with E-state index in [0.29, 0.717) is 11.4 Å². The smallest absolute Gasteiger partial charge is 0.380 e. The van der Waals surface area contributed by atoms with Gasteiger partial charge in [0.2, 0.25) is 0 Å². The van der Waals surface area contributed by atoms with Crippen LogP contribution in [0.5, 0.6) is 0 Å². The highest BCUT2D eigenvalue weighted by Gasteiger charge is 2.47. The van der Waals surface area contributed by atoms with Gasteiger partial charge in [-0.15, -0.1) is 0 Å². The number of rotatable bonds is 5. The third-order valence-corrected chi connectivity index (χ3v) is 5.09. The van der Waals surface area contributed by atoms with Crippen LogP contribution in [0.15, 0.2) is 66.2 Å². The molecular formula is C16H13F3N4O2S. The second-order valence-corrected chi connectivity index (χ2v) is 7.20. The maximum atomic E-state index is 12.8. The number of nitrogens with zero attached hydrogens (tertiary/aromatic N) is 3. The second kappa shape index (κ2) is 6.79. The fourth-order valence-corrected chi connectivity index (χ4v) is 3.17. The quantitative estimate of drug-likeness (QED) is 0.734. The van der Waals surface area contributed by atoms with Gasteiger partial charge in [0, 0.05) is 25.1 Å². The summed E-state index contributed by atoms with van der Waals surface area (Å²) < 4.78 is 63.5. The molecule has 1 aromatic carbocycles. The molecule has 0 bridgehead atoms.